The molecule has 0 fully saturated rings. The molecule has 0 aromatic rings. The largest absolute Gasteiger partial charge is 0.498 e. The molecule has 0 heterocycles. The van der Waals surface area contributed by atoms with Crippen LogP contribution in [0.5, 0.6) is 0 Å². The van der Waals surface area contributed by atoms with Crippen molar-refractivity contribution >= 4 is 0 Å². The Morgan fingerprint density at radius 1 is 1.00 bits per heavy atom. The third kappa shape index (κ3) is 2.33. The van der Waals surface area contributed by atoms with Crippen LogP contribution in [-0.2, 0) is 4.74 Å². The maximum Gasteiger partial charge on any atom is 0.196 e. The Kier molecular flexibility index (Phi) is 3.46. The summed E-state index contributed by atoms with van der Waals surface area (Å²) in [5.74, 6) is -1.46. The van der Waals surface area contributed by atoms with Gasteiger partial charge in [-0.15, -0.1) is 0 Å². The van der Waals surface area contributed by atoms with Gasteiger partial charge in [0.1, 0.15) is 5.76 Å². The standard InChI is InChI=1S/C14H16F2O/c1-9-3-5-10(6-4-9)11-7-8-12(17-2)14(16)13(11)15/h3,5H,4,6-8H2,1-2H3. The fraction of sp³-hybridized carbons (Fsp3) is 0.429. The van der Waals surface area contributed by atoms with Crippen molar-refractivity contribution in [3.63, 3.8) is 0 Å². The second-order valence-corrected chi connectivity index (χ2v) is 4.44. The second-order valence-electron chi connectivity index (χ2n) is 4.44. The number of rotatable bonds is 2. The fourth-order valence-electron chi connectivity index (χ4n) is 2.20. The maximum absolute atomic E-state index is 13.9. The van der Waals surface area contributed by atoms with Crippen LogP contribution in [0.3, 0.4) is 0 Å². The highest BCUT2D eigenvalue weighted by Crippen LogP contribution is 2.38. The highest BCUT2D eigenvalue weighted by Gasteiger charge is 2.25. The van der Waals surface area contributed by atoms with Gasteiger partial charge in [0.25, 0.3) is 0 Å². The van der Waals surface area contributed by atoms with Gasteiger partial charge >= 0.3 is 0 Å². The lowest BCUT2D eigenvalue weighted by atomic mass is 9.88. The molecule has 17 heavy (non-hydrogen) atoms. The molecule has 2 aliphatic carbocycles. The van der Waals surface area contributed by atoms with Gasteiger partial charge in [-0.1, -0.05) is 17.7 Å². The van der Waals surface area contributed by atoms with Crippen LogP contribution in [0, 0.1) is 0 Å². The molecule has 2 rings (SSSR count). The summed E-state index contributed by atoms with van der Waals surface area (Å²) in [5.41, 5.74) is 2.70. The molecule has 0 N–H and O–H groups in total. The Labute approximate surface area is 100 Å². The molecule has 0 spiro atoms. The molecule has 0 atom stereocenters. The van der Waals surface area contributed by atoms with Crippen molar-refractivity contribution in [1.29, 1.82) is 0 Å². The van der Waals surface area contributed by atoms with Crippen LogP contribution >= 0.6 is 0 Å². The topological polar surface area (TPSA) is 9.23 Å². The Bertz CT molecular complexity index is 453. The molecular formula is C14H16F2O. The summed E-state index contributed by atoms with van der Waals surface area (Å²) in [6.07, 6.45) is 6.55. The number of methoxy groups -OCH3 is 1. The molecule has 0 saturated heterocycles. The molecule has 0 bridgehead atoms. The third-order valence-electron chi connectivity index (χ3n) is 3.30. The van der Waals surface area contributed by atoms with Gasteiger partial charge in [0.05, 0.1) is 7.11 Å². The van der Waals surface area contributed by atoms with E-state index in [1.807, 2.05) is 19.1 Å². The molecular weight excluding hydrogens is 222 g/mol. The van der Waals surface area contributed by atoms with E-state index >= 15 is 0 Å². The Morgan fingerprint density at radius 3 is 2.35 bits per heavy atom. The van der Waals surface area contributed by atoms with E-state index in [1.165, 1.54) is 12.7 Å². The van der Waals surface area contributed by atoms with Crippen LogP contribution in [0.1, 0.15) is 32.6 Å². The first-order chi connectivity index (χ1) is 8.13. The molecule has 1 nitrogen and oxygen atoms in total. The molecule has 0 amide bonds. The van der Waals surface area contributed by atoms with Crippen LogP contribution in [0.4, 0.5) is 8.78 Å². The molecule has 0 aromatic carbocycles. The summed E-state index contributed by atoms with van der Waals surface area (Å²) in [6.45, 7) is 2.04. The number of hydrogen-bond acceptors (Lipinski definition) is 1. The van der Waals surface area contributed by atoms with E-state index in [4.69, 9.17) is 4.74 Å². The summed E-state index contributed by atoms with van der Waals surface area (Å²) >= 11 is 0. The van der Waals surface area contributed by atoms with E-state index in [0.717, 1.165) is 18.4 Å². The van der Waals surface area contributed by atoms with Crippen LogP contribution in [0.15, 0.2) is 46.3 Å². The highest BCUT2D eigenvalue weighted by atomic mass is 19.2. The van der Waals surface area contributed by atoms with Gasteiger partial charge in [-0.2, -0.15) is 0 Å². The lowest BCUT2D eigenvalue weighted by Gasteiger charge is -2.21. The zero-order valence-corrected chi connectivity index (χ0v) is 10.1. The molecule has 0 aliphatic heterocycles. The average Bonchev–Trinajstić information content (AvgIpc) is 2.34. The molecule has 0 aromatic heterocycles. The first kappa shape index (κ1) is 12.1. The van der Waals surface area contributed by atoms with E-state index in [0.29, 0.717) is 18.4 Å². The fourth-order valence-corrected chi connectivity index (χ4v) is 2.20. The SMILES string of the molecule is COC1=C(F)C(F)=C(C2=CC=C(C)CC2)CC1. The van der Waals surface area contributed by atoms with Gasteiger partial charge in [0, 0.05) is 6.42 Å². The van der Waals surface area contributed by atoms with Gasteiger partial charge in [0.15, 0.2) is 11.7 Å². The normalized spacial score (nSPS) is 21.4. The van der Waals surface area contributed by atoms with Crippen LogP contribution in [0.2, 0.25) is 0 Å². The molecule has 92 valence electrons. The lowest BCUT2D eigenvalue weighted by Crippen LogP contribution is -2.06. The van der Waals surface area contributed by atoms with Crippen molar-refractivity contribution in [1.82, 2.24) is 0 Å². The van der Waals surface area contributed by atoms with Crippen molar-refractivity contribution < 1.29 is 13.5 Å². The van der Waals surface area contributed by atoms with Crippen molar-refractivity contribution in [2.24, 2.45) is 0 Å². The zero-order valence-electron chi connectivity index (χ0n) is 10.1. The van der Waals surface area contributed by atoms with Gasteiger partial charge in [-0.3, -0.25) is 0 Å². The summed E-state index contributed by atoms with van der Waals surface area (Å²) in [6, 6.07) is 0. The summed E-state index contributed by atoms with van der Waals surface area (Å²) in [5, 5.41) is 0. The maximum atomic E-state index is 13.9. The summed E-state index contributed by atoms with van der Waals surface area (Å²) in [7, 11) is 1.37. The molecule has 3 heteroatoms. The average molecular weight is 238 g/mol. The van der Waals surface area contributed by atoms with Crippen LogP contribution < -0.4 is 0 Å². The van der Waals surface area contributed by atoms with Crippen molar-refractivity contribution in [3.8, 4) is 0 Å². The summed E-state index contributed by atoms with van der Waals surface area (Å²) < 4.78 is 32.3. The second kappa shape index (κ2) is 4.86. The lowest BCUT2D eigenvalue weighted by molar-refractivity contribution is 0.254. The van der Waals surface area contributed by atoms with Crippen LogP contribution in [0.25, 0.3) is 0 Å². The van der Waals surface area contributed by atoms with Crippen molar-refractivity contribution in [3.05, 3.63) is 46.3 Å². The number of allylic oxidation sites excluding steroid dienone is 8. The van der Waals surface area contributed by atoms with Gasteiger partial charge in [-0.25, -0.2) is 8.78 Å². The smallest absolute Gasteiger partial charge is 0.196 e. The minimum Gasteiger partial charge on any atom is -0.498 e. The highest BCUT2D eigenvalue weighted by molar-refractivity contribution is 5.46. The van der Waals surface area contributed by atoms with Gasteiger partial charge in [-0.05, 0) is 37.3 Å². The molecule has 0 saturated carbocycles. The minimum absolute atomic E-state index is 0.120. The van der Waals surface area contributed by atoms with E-state index in [9.17, 15) is 8.78 Å². The van der Waals surface area contributed by atoms with Crippen LogP contribution in [-0.4, -0.2) is 7.11 Å². The number of ether oxygens (including phenoxy) is 1. The van der Waals surface area contributed by atoms with E-state index in [2.05, 4.69) is 0 Å². The quantitative estimate of drug-likeness (QED) is 0.688. The van der Waals surface area contributed by atoms with Gasteiger partial charge < -0.3 is 4.74 Å². The first-order valence-corrected chi connectivity index (χ1v) is 5.82. The van der Waals surface area contributed by atoms with E-state index < -0.39 is 11.7 Å². The minimum atomic E-state index is -0.832. The van der Waals surface area contributed by atoms with Crippen molar-refractivity contribution in [2.75, 3.05) is 7.11 Å². The Balaban J connectivity index is 2.34. The zero-order chi connectivity index (χ0) is 12.4. The molecule has 0 radical (unpaired) electrons. The predicted molar refractivity (Wildman–Crippen MR) is 63.6 cm³/mol. The van der Waals surface area contributed by atoms with Gasteiger partial charge in [0.2, 0.25) is 0 Å². The number of hydrogen-bond donors (Lipinski definition) is 0. The molecule has 2 aliphatic rings. The predicted octanol–water partition coefficient (Wildman–Crippen LogP) is 4.50. The Hall–Kier alpha value is -1.38. The number of halogens is 2. The Morgan fingerprint density at radius 2 is 1.76 bits per heavy atom. The van der Waals surface area contributed by atoms with E-state index in [-0.39, 0.29) is 5.76 Å². The van der Waals surface area contributed by atoms with Crippen molar-refractivity contribution in [2.45, 2.75) is 32.6 Å². The first-order valence-electron chi connectivity index (χ1n) is 5.82. The molecule has 0 unspecified atom stereocenters. The summed E-state index contributed by atoms with van der Waals surface area (Å²) in [4.78, 5) is 0. The van der Waals surface area contributed by atoms with E-state index in [1.54, 1.807) is 0 Å². The third-order valence-corrected chi connectivity index (χ3v) is 3.30. The monoisotopic (exact) mass is 238 g/mol.